The zero-order chi connectivity index (χ0) is 9.97. The van der Waals surface area contributed by atoms with Gasteiger partial charge < -0.3 is 5.43 Å². The molecule has 1 unspecified atom stereocenters. The lowest BCUT2D eigenvalue weighted by molar-refractivity contribution is 0.673. The Hall–Kier alpha value is -1.51. The monoisotopic (exact) mass is 189 g/mol. The average Bonchev–Trinajstić information content (AvgIpc) is 2.62. The van der Waals surface area contributed by atoms with Crippen LogP contribution < -0.4 is 5.43 Å². The summed E-state index contributed by atoms with van der Waals surface area (Å²) in [5.74, 6) is 0. The molecule has 3 heteroatoms. The summed E-state index contributed by atoms with van der Waals surface area (Å²) in [6, 6.07) is 8.58. The Morgan fingerprint density at radius 1 is 1.43 bits per heavy atom. The van der Waals surface area contributed by atoms with Crippen LogP contribution in [0.2, 0.25) is 0 Å². The minimum Gasteiger partial charge on any atom is -0.322 e. The Balaban J connectivity index is 2.33. The predicted molar refractivity (Wildman–Crippen MR) is 58.8 cm³/mol. The number of nitrogens with zero attached hydrogens (tertiary/aromatic N) is 2. The molecule has 0 saturated heterocycles. The van der Waals surface area contributed by atoms with Gasteiger partial charge in [0.05, 0.1) is 11.0 Å². The van der Waals surface area contributed by atoms with Crippen molar-refractivity contribution >= 4 is 11.0 Å². The summed E-state index contributed by atoms with van der Waals surface area (Å²) in [4.78, 5) is 4.31. The van der Waals surface area contributed by atoms with Gasteiger partial charge in [-0.1, -0.05) is 19.1 Å². The van der Waals surface area contributed by atoms with E-state index in [1.165, 1.54) is 0 Å². The molecule has 0 spiro atoms. The summed E-state index contributed by atoms with van der Waals surface area (Å²) in [5.41, 5.74) is 5.53. The Bertz CT molecular complexity index is 419. The third kappa shape index (κ3) is 1.58. The number of imidazole rings is 1. The van der Waals surface area contributed by atoms with Crippen molar-refractivity contribution < 1.29 is 0 Å². The van der Waals surface area contributed by atoms with Crippen molar-refractivity contribution in [2.45, 2.75) is 26.3 Å². The van der Waals surface area contributed by atoms with E-state index in [0.29, 0.717) is 6.04 Å². The second-order valence-corrected chi connectivity index (χ2v) is 3.54. The zero-order valence-corrected chi connectivity index (χ0v) is 8.57. The Morgan fingerprint density at radius 3 is 3.00 bits per heavy atom. The predicted octanol–water partition coefficient (Wildman–Crippen LogP) is 2.38. The maximum Gasteiger partial charge on any atom is 0.115 e. The van der Waals surface area contributed by atoms with Crippen molar-refractivity contribution in [3.8, 4) is 0 Å². The van der Waals surface area contributed by atoms with Crippen LogP contribution in [0.25, 0.3) is 11.0 Å². The van der Waals surface area contributed by atoms with Crippen LogP contribution in [-0.2, 0) is 0 Å². The van der Waals surface area contributed by atoms with Gasteiger partial charge in [0.15, 0.2) is 0 Å². The maximum absolute atomic E-state index is 4.31. The molecule has 14 heavy (non-hydrogen) atoms. The van der Waals surface area contributed by atoms with Crippen LogP contribution in [0.15, 0.2) is 30.6 Å². The molecule has 0 fully saturated rings. The van der Waals surface area contributed by atoms with Crippen LogP contribution in [0, 0.1) is 0 Å². The number of nitrogens with one attached hydrogen (secondary N) is 1. The van der Waals surface area contributed by atoms with E-state index in [0.717, 1.165) is 17.5 Å². The lowest BCUT2D eigenvalue weighted by Crippen LogP contribution is -2.23. The van der Waals surface area contributed by atoms with Crippen molar-refractivity contribution in [1.82, 2.24) is 9.66 Å². The molecule has 1 aromatic carbocycles. The number of benzene rings is 1. The molecule has 0 radical (unpaired) electrons. The molecule has 1 heterocycles. The molecule has 0 saturated carbocycles. The third-order valence-corrected chi connectivity index (χ3v) is 2.43. The van der Waals surface area contributed by atoms with Gasteiger partial charge in [-0.25, -0.2) is 9.66 Å². The number of rotatable bonds is 3. The van der Waals surface area contributed by atoms with E-state index in [1.807, 2.05) is 29.2 Å². The molecule has 1 aromatic heterocycles. The van der Waals surface area contributed by atoms with Crippen LogP contribution in [-0.4, -0.2) is 15.7 Å². The summed E-state index contributed by atoms with van der Waals surface area (Å²) >= 11 is 0. The number of para-hydroxylation sites is 2. The molecule has 0 amide bonds. The standard InChI is InChI=1S/C11H15N3/c1-3-9(2)13-14-8-12-10-6-4-5-7-11(10)14/h4-9,13H,3H2,1-2H3. The van der Waals surface area contributed by atoms with E-state index in [-0.39, 0.29) is 0 Å². The van der Waals surface area contributed by atoms with E-state index >= 15 is 0 Å². The largest absolute Gasteiger partial charge is 0.322 e. The van der Waals surface area contributed by atoms with Gasteiger partial charge in [-0.05, 0) is 25.5 Å². The molecule has 3 nitrogen and oxygen atoms in total. The summed E-state index contributed by atoms with van der Waals surface area (Å²) in [7, 11) is 0. The first kappa shape index (κ1) is 9.06. The molecule has 2 aromatic rings. The quantitative estimate of drug-likeness (QED) is 0.803. The molecule has 1 N–H and O–H groups in total. The number of fused-ring (bicyclic) bond motifs is 1. The second kappa shape index (κ2) is 3.70. The van der Waals surface area contributed by atoms with Crippen LogP contribution in [0.4, 0.5) is 0 Å². The molecule has 0 aliphatic rings. The van der Waals surface area contributed by atoms with E-state index in [2.05, 4.69) is 30.3 Å². The third-order valence-electron chi connectivity index (χ3n) is 2.43. The number of aromatic nitrogens is 2. The minimum absolute atomic E-state index is 0.465. The first-order valence-corrected chi connectivity index (χ1v) is 5.00. The SMILES string of the molecule is CCC(C)Nn1cnc2ccccc21. The van der Waals surface area contributed by atoms with Gasteiger partial charge in [0, 0.05) is 6.04 Å². The van der Waals surface area contributed by atoms with E-state index < -0.39 is 0 Å². The fourth-order valence-electron chi connectivity index (χ4n) is 1.39. The molecule has 0 aliphatic carbocycles. The van der Waals surface area contributed by atoms with Crippen molar-refractivity contribution in [3.63, 3.8) is 0 Å². The normalized spacial score (nSPS) is 13.0. The summed E-state index contributed by atoms with van der Waals surface area (Å²) in [6.45, 7) is 4.32. The Kier molecular flexibility index (Phi) is 2.39. The second-order valence-electron chi connectivity index (χ2n) is 3.54. The maximum atomic E-state index is 4.31. The highest BCUT2D eigenvalue weighted by atomic mass is 15.4. The van der Waals surface area contributed by atoms with E-state index in [9.17, 15) is 0 Å². The molecule has 2 rings (SSSR count). The van der Waals surface area contributed by atoms with Gasteiger partial charge in [0.2, 0.25) is 0 Å². The van der Waals surface area contributed by atoms with E-state index in [1.54, 1.807) is 0 Å². The Morgan fingerprint density at radius 2 is 2.21 bits per heavy atom. The molecule has 0 aliphatic heterocycles. The first-order valence-electron chi connectivity index (χ1n) is 5.00. The average molecular weight is 189 g/mol. The summed E-state index contributed by atoms with van der Waals surface area (Å²) in [5, 5.41) is 0. The summed E-state index contributed by atoms with van der Waals surface area (Å²) < 4.78 is 1.99. The highest BCUT2D eigenvalue weighted by molar-refractivity contribution is 5.75. The fraction of sp³-hybridized carbons (Fsp3) is 0.364. The number of hydrogen-bond acceptors (Lipinski definition) is 2. The lowest BCUT2D eigenvalue weighted by Gasteiger charge is -2.14. The van der Waals surface area contributed by atoms with E-state index in [4.69, 9.17) is 0 Å². The fourth-order valence-corrected chi connectivity index (χ4v) is 1.39. The van der Waals surface area contributed by atoms with Crippen molar-refractivity contribution in [2.75, 3.05) is 5.43 Å². The van der Waals surface area contributed by atoms with Crippen LogP contribution in [0.5, 0.6) is 0 Å². The van der Waals surface area contributed by atoms with Crippen molar-refractivity contribution in [3.05, 3.63) is 30.6 Å². The van der Waals surface area contributed by atoms with Gasteiger partial charge >= 0.3 is 0 Å². The Labute approximate surface area is 83.7 Å². The molecule has 74 valence electrons. The van der Waals surface area contributed by atoms with Crippen molar-refractivity contribution in [1.29, 1.82) is 0 Å². The molecular weight excluding hydrogens is 174 g/mol. The van der Waals surface area contributed by atoms with Crippen molar-refractivity contribution in [2.24, 2.45) is 0 Å². The van der Waals surface area contributed by atoms with Gasteiger partial charge in [-0.2, -0.15) is 0 Å². The van der Waals surface area contributed by atoms with Crippen LogP contribution in [0.1, 0.15) is 20.3 Å². The smallest absolute Gasteiger partial charge is 0.115 e. The van der Waals surface area contributed by atoms with Gasteiger partial charge in [-0.3, -0.25) is 0 Å². The van der Waals surface area contributed by atoms with Gasteiger partial charge in [0.25, 0.3) is 0 Å². The summed E-state index contributed by atoms with van der Waals surface area (Å²) in [6.07, 6.45) is 2.93. The van der Waals surface area contributed by atoms with Crippen LogP contribution in [0.3, 0.4) is 0 Å². The van der Waals surface area contributed by atoms with Gasteiger partial charge in [0.1, 0.15) is 6.33 Å². The molecular formula is C11H15N3. The number of hydrogen-bond donors (Lipinski definition) is 1. The topological polar surface area (TPSA) is 29.9 Å². The van der Waals surface area contributed by atoms with Gasteiger partial charge in [-0.15, -0.1) is 0 Å². The lowest BCUT2D eigenvalue weighted by atomic mass is 10.3. The molecule has 0 bridgehead atoms. The van der Waals surface area contributed by atoms with Crippen LogP contribution >= 0.6 is 0 Å². The highest BCUT2D eigenvalue weighted by Crippen LogP contribution is 2.10. The highest BCUT2D eigenvalue weighted by Gasteiger charge is 2.02. The minimum atomic E-state index is 0.465. The zero-order valence-electron chi connectivity index (χ0n) is 8.57. The molecule has 1 atom stereocenters. The first-order chi connectivity index (χ1) is 6.81.